The molecule has 46 heavy (non-hydrogen) atoms. The molecule has 0 saturated carbocycles. The Balaban J connectivity index is 1.33. The second-order valence-corrected chi connectivity index (χ2v) is 11.6. The van der Waals surface area contributed by atoms with Gasteiger partial charge in [0.1, 0.15) is 18.1 Å². The molecule has 0 aliphatic heterocycles. The van der Waals surface area contributed by atoms with E-state index in [0.29, 0.717) is 30.9 Å². The van der Waals surface area contributed by atoms with Gasteiger partial charge in [-0.3, -0.25) is 14.1 Å². The Kier molecular flexibility index (Phi) is 10.2. The summed E-state index contributed by atoms with van der Waals surface area (Å²) in [6.45, 7) is 0.940. The Labute approximate surface area is 270 Å². The SMILES string of the molecule is NCCCOc1cc2ccccc2cc1C(=O)NCCOc1cc2ccccc2cc1C(=O)Nc1ccc(Cl)cc1OS(=O)(=O)O. The van der Waals surface area contributed by atoms with Crippen molar-refractivity contribution in [2.75, 3.05) is 31.6 Å². The summed E-state index contributed by atoms with van der Waals surface area (Å²) in [6.07, 6.45) is 0.635. The van der Waals surface area contributed by atoms with E-state index in [0.717, 1.165) is 27.6 Å². The van der Waals surface area contributed by atoms with Crippen LogP contribution in [0.4, 0.5) is 5.69 Å². The van der Waals surface area contributed by atoms with Crippen molar-refractivity contribution in [2.45, 2.75) is 6.42 Å². The molecule has 5 rings (SSSR count). The standard InChI is InChI=1S/C33H30ClN3O8S/c34-25-10-11-28(31(20-25)45-46(40,41)42)37-33(39)27-17-22-7-2-4-9-24(22)19-30(27)44-15-13-36-32(38)26-16-21-6-1-3-8-23(21)18-29(26)43-14-5-12-35/h1-4,6-11,16-20H,5,12-15,35H2,(H,36,38)(H,37,39)(H,40,41,42). The van der Waals surface area contributed by atoms with Crippen molar-refractivity contribution in [3.05, 3.63) is 107 Å². The number of hydrogen-bond donors (Lipinski definition) is 4. The first-order valence-electron chi connectivity index (χ1n) is 14.2. The number of nitrogens with one attached hydrogen (secondary N) is 2. The molecule has 0 heterocycles. The molecule has 2 amide bonds. The fourth-order valence-corrected chi connectivity index (χ4v) is 5.22. The van der Waals surface area contributed by atoms with Crippen molar-refractivity contribution < 1.29 is 36.2 Å². The summed E-state index contributed by atoms with van der Waals surface area (Å²) in [6, 6.07) is 25.8. The highest BCUT2D eigenvalue weighted by Crippen LogP contribution is 2.32. The number of fused-ring (bicyclic) bond motifs is 2. The van der Waals surface area contributed by atoms with Gasteiger partial charge in [0.25, 0.3) is 11.8 Å². The van der Waals surface area contributed by atoms with Crippen molar-refractivity contribution in [1.29, 1.82) is 0 Å². The fourth-order valence-electron chi connectivity index (χ4n) is 4.69. The third-order valence-electron chi connectivity index (χ3n) is 6.82. The first-order chi connectivity index (χ1) is 22.1. The molecular formula is C33H30ClN3O8S. The Morgan fingerprint density at radius 2 is 1.28 bits per heavy atom. The van der Waals surface area contributed by atoms with E-state index in [1.807, 2.05) is 54.6 Å². The highest BCUT2D eigenvalue weighted by molar-refractivity contribution is 7.81. The lowest BCUT2D eigenvalue weighted by Gasteiger charge is -2.16. The maximum absolute atomic E-state index is 13.5. The molecule has 5 N–H and O–H groups in total. The molecule has 0 radical (unpaired) electrons. The van der Waals surface area contributed by atoms with Gasteiger partial charge in [0.2, 0.25) is 0 Å². The number of ether oxygens (including phenoxy) is 2. The quantitative estimate of drug-likeness (QED) is 0.0924. The van der Waals surface area contributed by atoms with E-state index < -0.39 is 16.3 Å². The molecule has 5 aromatic carbocycles. The van der Waals surface area contributed by atoms with Crippen LogP contribution >= 0.6 is 11.6 Å². The van der Waals surface area contributed by atoms with Crippen molar-refractivity contribution in [3.8, 4) is 17.2 Å². The summed E-state index contributed by atoms with van der Waals surface area (Å²) < 4.78 is 48.3. The molecule has 0 saturated heterocycles. The summed E-state index contributed by atoms with van der Waals surface area (Å²) in [5.41, 5.74) is 6.04. The van der Waals surface area contributed by atoms with Crippen molar-refractivity contribution in [2.24, 2.45) is 5.73 Å². The van der Waals surface area contributed by atoms with Crippen LogP contribution in [0, 0.1) is 0 Å². The van der Waals surface area contributed by atoms with Gasteiger partial charge in [-0.15, -0.1) is 0 Å². The van der Waals surface area contributed by atoms with Gasteiger partial charge in [0.15, 0.2) is 5.75 Å². The van der Waals surface area contributed by atoms with Gasteiger partial charge in [-0.25, -0.2) is 0 Å². The normalized spacial score (nSPS) is 11.3. The highest BCUT2D eigenvalue weighted by Gasteiger charge is 2.20. The smallest absolute Gasteiger partial charge is 0.446 e. The number of carbonyl (C=O) groups excluding carboxylic acids is 2. The zero-order valence-electron chi connectivity index (χ0n) is 24.4. The molecule has 0 unspecified atom stereocenters. The van der Waals surface area contributed by atoms with Crippen LogP contribution in [0.5, 0.6) is 17.2 Å². The number of benzene rings is 5. The van der Waals surface area contributed by atoms with Gasteiger partial charge < -0.3 is 30.0 Å². The van der Waals surface area contributed by atoms with Gasteiger partial charge in [-0.05, 0) is 70.9 Å². The van der Waals surface area contributed by atoms with Gasteiger partial charge >= 0.3 is 10.4 Å². The molecule has 0 aliphatic carbocycles. The minimum Gasteiger partial charge on any atom is -0.493 e. The molecule has 13 heteroatoms. The van der Waals surface area contributed by atoms with Gasteiger partial charge in [-0.1, -0.05) is 60.1 Å². The second kappa shape index (κ2) is 14.5. The van der Waals surface area contributed by atoms with Crippen LogP contribution in [0.3, 0.4) is 0 Å². The third kappa shape index (κ3) is 8.23. The van der Waals surface area contributed by atoms with Crippen molar-refractivity contribution in [1.82, 2.24) is 5.32 Å². The van der Waals surface area contributed by atoms with E-state index in [2.05, 4.69) is 14.8 Å². The number of nitrogens with two attached hydrogens (primary N) is 1. The molecule has 0 aromatic heterocycles. The van der Waals surface area contributed by atoms with Gasteiger partial charge in [0.05, 0.1) is 30.0 Å². The fraction of sp³-hybridized carbons (Fsp3) is 0.152. The Morgan fingerprint density at radius 1 is 0.739 bits per heavy atom. The predicted molar refractivity (Wildman–Crippen MR) is 176 cm³/mol. The Bertz CT molecular complexity index is 2020. The first kappa shape index (κ1) is 32.5. The van der Waals surface area contributed by atoms with E-state index in [4.69, 9.17) is 26.8 Å². The molecule has 0 fully saturated rings. The Hall–Kier alpha value is -4.88. The molecular weight excluding hydrogens is 634 g/mol. The number of anilines is 1. The zero-order chi connectivity index (χ0) is 32.7. The van der Waals surface area contributed by atoms with Crippen LogP contribution in [0.2, 0.25) is 5.02 Å². The minimum atomic E-state index is -4.90. The van der Waals surface area contributed by atoms with E-state index in [-0.39, 0.29) is 46.8 Å². The van der Waals surface area contributed by atoms with Crippen molar-refractivity contribution in [3.63, 3.8) is 0 Å². The van der Waals surface area contributed by atoms with Crippen LogP contribution in [0.1, 0.15) is 27.1 Å². The van der Waals surface area contributed by atoms with Crippen LogP contribution in [0.15, 0.2) is 91.0 Å². The van der Waals surface area contributed by atoms with E-state index in [9.17, 15) is 22.6 Å². The summed E-state index contributed by atoms with van der Waals surface area (Å²) in [5, 5.41) is 8.91. The maximum Gasteiger partial charge on any atom is 0.446 e. The minimum absolute atomic E-state index is 0.0133. The third-order valence-corrected chi connectivity index (χ3v) is 7.45. The van der Waals surface area contributed by atoms with Crippen molar-refractivity contribution >= 4 is 61.0 Å². The lowest BCUT2D eigenvalue weighted by Crippen LogP contribution is -2.29. The average Bonchev–Trinajstić information content (AvgIpc) is 3.03. The predicted octanol–water partition coefficient (Wildman–Crippen LogP) is 5.62. The molecule has 0 bridgehead atoms. The van der Waals surface area contributed by atoms with Gasteiger partial charge in [0, 0.05) is 11.1 Å². The number of carbonyl (C=O) groups is 2. The summed E-state index contributed by atoms with van der Waals surface area (Å²) >= 11 is 5.95. The lowest BCUT2D eigenvalue weighted by atomic mass is 10.0. The monoisotopic (exact) mass is 663 g/mol. The molecule has 238 valence electrons. The van der Waals surface area contributed by atoms with Crippen LogP contribution in [0.25, 0.3) is 21.5 Å². The lowest BCUT2D eigenvalue weighted by molar-refractivity contribution is 0.0940. The summed E-state index contributed by atoms with van der Waals surface area (Å²) in [4.78, 5) is 26.7. The van der Waals surface area contributed by atoms with E-state index in [1.54, 1.807) is 18.2 Å². The molecule has 5 aromatic rings. The summed E-state index contributed by atoms with van der Waals surface area (Å²) in [5.74, 6) is -0.730. The molecule has 0 spiro atoms. The summed E-state index contributed by atoms with van der Waals surface area (Å²) in [7, 11) is -4.90. The largest absolute Gasteiger partial charge is 0.493 e. The zero-order valence-corrected chi connectivity index (χ0v) is 25.9. The van der Waals surface area contributed by atoms with E-state index >= 15 is 0 Å². The maximum atomic E-state index is 13.5. The average molecular weight is 664 g/mol. The number of rotatable bonds is 13. The highest BCUT2D eigenvalue weighted by atomic mass is 35.5. The molecule has 0 aliphatic rings. The molecule has 11 nitrogen and oxygen atoms in total. The number of hydrogen-bond acceptors (Lipinski definition) is 8. The second-order valence-electron chi connectivity index (χ2n) is 10.1. The van der Waals surface area contributed by atoms with Crippen LogP contribution in [-0.4, -0.2) is 51.1 Å². The molecule has 0 atom stereocenters. The first-order valence-corrected chi connectivity index (χ1v) is 15.9. The number of halogens is 1. The topological polar surface area (TPSA) is 166 Å². The van der Waals surface area contributed by atoms with Crippen LogP contribution in [-0.2, 0) is 10.4 Å². The van der Waals surface area contributed by atoms with Crippen LogP contribution < -0.4 is 30.0 Å². The van der Waals surface area contributed by atoms with Gasteiger partial charge in [-0.2, -0.15) is 8.42 Å². The van der Waals surface area contributed by atoms with E-state index in [1.165, 1.54) is 12.1 Å². The number of amides is 2. The Morgan fingerprint density at radius 3 is 1.85 bits per heavy atom.